The summed E-state index contributed by atoms with van der Waals surface area (Å²) in [6, 6.07) is 8.08. The Hall–Kier alpha value is -1.39. The van der Waals surface area contributed by atoms with Crippen LogP contribution in [0.15, 0.2) is 34.6 Å². The van der Waals surface area contributed by atoms with Crippen molar-refractivity contribution >= 4 is 41.3 Å². The summed E-state index contributed by atoms with van der Waals surface area (Å²) in [5.41, 5.74) is 2.20. The quantitative estimate of drug-likeness (QED) is 0.322. The highest BCUT2D eigenvalue weighted by Gasteiger charge is 2.13. The zero-order valence-electron chi connectivity index (χ0n) is 17.4. The predicted molar refractivity (Wildman–Crippen MR) is 127 cm³/mol. The van der Waals surface area contributed by atoms with Gasteiger partial charge in [0.05, 0.1) is 18.8 Å². The SMILES string of the molecule is CN=C(NCC(C)Oc1cccc(C)c1)N(C)Cc1csc(C(C)OC)n1.I. The molecular weight excluding hydrogens is 487 g/mol. The van der Waals surface area contributed by atoms with Crippen LogP contribution in [0.2, 0.25) is 0 Å². The first-order valence-corrected chi connectivity index (χ1v) is 9.93. The fourth-order valence-electron chi connectivity index (χ4n) is 2.58. The summed E-state index contributed by atoms with van der Waals surface area (Å²) in [7, 11) is 5.48. The number of ether oxygens (including phenoxy) is 2. The number of thiazole rings is 1. The fourth-order valence-corrected chi connectivity index (χ4v) is 3.42. The van der Waals surface area contributed by atoms with Gasteiger partial charge < -0.3 is 19.7 Å². The molecule has 28 heavy (non-hydrogen) atoms. The smallest absolute Gasteiger partial charge is 0.193 e. The highest BCUT2D eigenvalue weighted by Crippen LogP contribution is 2.21. The Balaban J connectivity index is 0.00000392. The van der Waals surface area contributed by atoms with E-state index in [1.54, 1.807) is 25.5 Å². The van der Waals surface area contributed by atoms with Crippen LogP contribution in [0.1, 0.15) is 36.2 Å². The summed E-state index contributed by atoms with van der Waals surface area (Å²) >= 11 is 1.62. The number of nitrogens with zero attached hydrogens (tertiary/aromatic N) is 3. The minimum atomic E-state index is 0. The number of aryl methyl sites for hydroxylation is 1. The van der Waals surface area contributed by atoms with Crippen molar-refractivity contribution in [2.45, 2.75) is 39.5 Å². The molecule has 0 radical (unpaired) electrons. The molecular formula is C20H31IN4O2S. The van der Waals surface area contributed by atoms with Gasteiger partial charge in [-0.15, -0.1) is 35.3 Å². The van der Waals surface area contributed by atoms with Crippen molar-refractivity contribution in [1.29, 1.82) is 0 Å². The van der Waals surface area contributed by atoms with Crippen LogP contribution in [0, 0.1) is 6.92 Å². The summed E-state index contributed by atoms with van der Waals surface area (Å²) < 4.78 is 11.3. The molecule has 0 aliphatic carbocycles. The highest BCUT2D eigenvalue weighted by atomic mass is 127. The third-order valence-corrected chi connectivity index (χ3v) is 5.17. The third kappa shape index (κ3) is 7.56. The van der Waals surface area contributed by atoms with Crippen LogP contribution < -0.4 is 10.1 Å². The van der Waals surface area contributed by atoms with Crippen LogP contribution >= 0.6 is 35.3 Å². The van der Waals surface area contributed by atoms with Gasteiger partial charge in [0, 0.05) is 26.6 Å². The molecule has 0 saturated carbocycles. The van der Waals surface area contributed by atoms with Gasteiger partial charge in [0.15, 0.2) is 5.96 Å². The standard InChI is InChI=1S/C20H30N4O2S.HI/c1-14-8-7-9-18(10-14)26-15(2)11-22-20(21-4)24(5)12-17-13-27-19(23-17)16(3)25-6;/h7-10,13,15-16H,11-12H2,1-6H3,(H,21,22);1H. The molecule has 2 atom stereocenters. The Morgan fingerprint density at radius 1 is 1.36 bits per heavy atom. The first-order valence-electron chi connectivity index (χ1n) is 9.05. The Bertz CT molecular complexity index is 753. The largest absolute Gasteiger partial charge is 0.489 e. The van der Waals surface area contributed by atoms with E-state index in [0.717, 1.165) is 22.4 Å². The number of aliphatic imine (C=N–C) groups is 1. The molecule has 156 valence electrons. The molecule has 2 unspecified atom stereocenters. The van der Waals surface area contributed by atoms with Gasteiger partial charge in [-0.1, -0.05) is 12.1 Å². The maximum Gasteiger partial charge on any atom is 0.193 e. The average Bonchev–Trinajstić information content (AvgIpc) is 3.10. The molecule has 1 aromatic carbocycles. The molecule has 0 fully saturated rings. The lowest BCUT2D eigenvalue weighted by molar-refractivity contribution is 0.119. The second-order valence-electron chi connectivity index (χ2n) is 6.58. The molecule has 0 bridgehead atoms. The maximum absolute atomic E-state index is 5.97. The molecule has 8 heteroatoms. The number of rotatable bonds is 8. The minimum Gasteiger partial charge on any atom is -0.489 e. The summed E-state index contributed by atoms with van der Waals surface area (Å²) in [5, 5.41) is 6.42. The number of guanidine groups is 1. The lowest BCUT2D eigenvalue weighted by Gasteiger charge is -2.23. The van der Waals surface area contributed by atoms with Crippen molar-refractivity contribution in [2.75, 3.05) is 27.7 Å². The molecule has 0 spiro atoms. The van der Waals surface area contributed by atoms with Crippen molar-refractivity contribution < 1.29 is 9.47 Å². The zero-order chi connectivity index (χ0) is 19.8. The Morgan fingerprint density at radius 2 is 2.11 bits per heavy atom. The third-order valence-electron chi connectivity index (χ3n) is 4.12. The van der Waals surface area contributed by atoms with Crippen LogP contribution in [0.4, 0.5) is 0 Å². The predicted octanol–water partition coefficient (Wildman–Crippen LogP) is 4.25. The van der Waals surface area contributed by atoms with E-state index in [9.17, 15) is 0 Å². The van der Waals surface area contributed by atoms with Gasteiger partial charge in [-0.3, -0.25) is 4.99 Å². The molecule has 0 aliphatic rings. The van der Waals surface area contributed by atoms with E-state index < -0.39 is 0 Å². The summed E-state index contributed by atoms with van der Waals surface area (Å²) in [4.78, 5) is 11.1. The molecule has 1 heterocycles. The molecule has 0 aliphatic heterocycles. The van der Waals surface area contributed by atoms with E-state index in [4.69, 9.17) is 9.47 Å². The monoisotopic (exact) mass is 518 g/mol. The summed E-state index contributed by atoms with van der Waals surface area (Å²) in [6.07, 6.45) is 0.0384. The van der Waals surface area contributed by atoms with Crippen LogP contribution in [0.5, 0.6) is 5.75 Å². The summed E-state index contributed by atoms with van der Waals surface area (Å²) in [5.74, 6) is 1.69. The van der Waals surface area contributed by atoms with Crippen molar-refractivity contribution in [2.24, 2.45) is 4.99 Å². The van der Waals surface area contributed by atoms with Crippen molar-refractivity contribution in [3.63, 3.8) is 0 Å². The summed E-state index contributed by atoms with van der Waals surface area (Å²) in [6.45, 7) is 7.45. The minimum absolute atomic E-state index is 0. The van der Waals surface area contributed by atoms with Crippen molar-refractivity contribution in [3.8, 4) is 5.75 Å². The number of nitrogens with one attached hydrogen (secondary N) is 1. The molecule has 1 aromatic heterocycles. The van der Waals surface area contributed by atoms with E-state index >= 15 is 0 Å². The topological polar surface area (TPSA) is 59.0 Å². The van der Waals surface area contributed by atoms with Crippen LogP contribution in [-0.2, 0) is 11.3 Å². The second kappa shape index (κ2) is 12.2. The molecule has 2 rings (SSSR count). The number of hydrogen-bond acceptors (Lipinski definition) is 5. The van der Waals surface area contributed by atoms with Gasteiger partial charge in [-0.2, -0.15) is 0 Å². The Morgan fingerprint density at radius 3 is 2.75 bits per heavy atom. The molecule has 0 saturated heterocycles. The fraction of sp³-hybridized carbons (Fsp3) is 0.500. The molecule has 0 amide bonds. The zero-order valence-corrected chi connectivity index (χ0v) is 20.6. The van der Waals surface area contributed by atoms with E-state index in [1.165, 1.54) is 5.56 Å². The lowest BCUT2D eigenvalue weighted by Crippen LogP contribution is -2.42. The highest BCUT2D eigenvalue weighted by molar-refractivity contribution is 14.0. The number of hydrogen-bond donors (Lipinski definition) is 1. The first kappa shape index (κ1) is 24.6. The second-order valence-corrected chi connectivity index (χ2v) is 7.47. The van der Waals surface area contributed by atoms with Crippen molar-refractivity contribution in [3.05, 3.63) is 45.9 Å². The van der Waals surface area contributed by atoms with Crippen molar-refractivity contribution in [1.82, 2.24) is 15.2 Å². The number of halogens is 1. The Kier molecular flexibility index (Phi) is 10.8. The molecule has 6 nitrogen and oxygen atoms in total. The number of aromatic nitrogens is 1. The van der Waals surface area contributed by atoms with Gasteiger partial charge in [0.25, 0.3) is 0 Å². The van der Waals surface area contributed by atoms with Crippen LogP contribution in [-0.4, -0.2) is 49.7 Å². The van der Waals surface area contributed by atoms with Crippen LogP contribution in [0.25, 0.3) is 0 Å². The molecule has 2 aromatic rings. The normalized spacial score (nSPS) is 13.4. The lowest BCUT2D eigenvalue weighted by atomic mass is 10.2. The number of benzene rings is 1. The first-order chi connectivity index (χ1) is 12.9. The van der Waals surface area contributed by atoms with Gasteiger partial charge in [0.2, 0.25) is 0 Å². The van der Waals surface area contributed by atoms with Gasteiger partial charge in [0.1, 0.15) is 23.0 Å². The molecule has 1 N–H and O–H groups in total. The maximum atomic E-state index is 5.97. The Labute approximate surface area is 189 Å². The van der Waals surface area contributed by atoms with Gasteiger partial charge in [-0.25, -0.2) is 4.98 Å². The van der Waals surface area contributed by atoms with Gasteiger partial charge >= 0.3 is 0 Å². The van der Waals surface area contributed by atoms with E-state index in [2.05, 4.69) is 38.6 Å². The average molecular weight is 518 g/mol. The van der Waals surface area contributed by atoms with Gasteiger partial charge in [-0.05, 0) is 38.5 Å². The van der Waals surface area contributed by atoms with Crippen LogP contribution in [0.3, 0.4) is 0 Å². The number of methoxy groups -OCH3 is 1. The van der Waals surface area contributed by atoms with E-state index in [-0.39, 0.29) is 36.2 Å². The van der Waals surface area contributed by atoms with E-state index in [1.807, 2.05) is 39.1 Å². The van der Waals surface area contributed by atoms with E-state index in [0.29, 0.717) is 13.1 Å².